The fourth-order valence-electron chi connectivity index (χ4n) is 2.96. The highest BCUT2D eigenvalue weighted by molar-refractivity contribution is 8.17. The molecule has 0 spiro atoms. The van der Waals surface area contributed by atoms with E-state index >= 15 is 0 Å². The fourth-order valence-corrected chi connectivity index (χ4v) is 4.25. The molecule has 1 aromatic carbocycles. The predicted molar refractivity (Wildman–Crippen MR) is 84.6 cm³/mol. The smallest absolute Gasteiger partial charge is 0.170 e. The van der Waals surface area contributed by atoms with Crippen molar-refractivity contribution in [2.75, 3.05) is 13.1 Å². The van der Waals surface area contributed by atoms with E-state index in [1.807, 2.05) is 12.1 Å². The second-order valence-corrected chi connectivity index (χ2v) is 6.26. The summed E-state index contributed by atoms with van der Waals surface area (Å²) in [5.41, 5.74) is 2.57. The first-order valence-electron chi connectivity index (χ1n) is 7.18. The van der Waals surface area contributed by atoms with E-state index in [9.17, 15) is 4.39 Å². The molecule has 0 amide bonds. The molecule has 0 bridgehead atoms. The van der Waals surface area contributed by atoms with Crippen LogP contribution in [0.2, 0.25) is 0 Å². The molecule has 2 aliphatic rings. The van der Waals surface area contributed by atoms with E-state index in [0.717, 1.165) is 42.0 Å². The van der Waals surface area contributed by atoms with E-state index in [4.69, 9.17) is 4.42 Å². The summed E-state index contributed by atoms with van der Waals surface area (Å²) in [6.45, 7) is 3.91. The Hall–Kier alpha value is -1.75. The number of thioether (sulfide) groups is 1. The van der Waals surface area contributed by atoms with E-state index in [2.05, 4.69) is 16.8 Å². The average Bonchev–Trinajstić information content (AvgIpc) is 3.15. The molecule has 0 N–H and O–H groups in total. The normalized spacial score (nSPS) is 17.8. The summed E-state index contributed by atoms with van der Waals surface area (Å²) >= 11 is 1.76. The van der Waals surface area contributed by atoms with Gasteiger partial charge in [-0.15, -0.1) is 0 Å². The lowest BCUT2D eigenvalue weighted by atomic mass is 10.0. The third-order valence-electron chi connectivity index (χ3n) is 3.85. The van der Waals surface area contributed by atoms with Crippen molar-refractivity contribution in [3.8, 4) is 0 Å². The molecule has 21 heavy (non-hydrogen) atoms. The number of amidine groups is 1. The quantitative estimate of drug-likeness (QED) is 0.838. The van der Waals surface area contributed by atoms with Gasteiger partial charge in [0.2, 0.25) is 0 Å². The van der Waals surface area contributed by atoms with Gasteiger partial charge in [-0.2, -0.15) is 0 Å². The molecule has 1 aromatic heterocycles. The van der Waals surface area contributed by atoms with Gasteiger partial charge in [-0.25, -0.2) is 4.39 Å². The molecule has 3 heterocycles. The van der Waals surface area contributed by atoms with Crippen molar-refractivity contribution in [2.24, 2.45) is 4.99 Å². The number of aliphatic imine (C=N–C) groups is 1. The summed E-state index contributed by atoms with van der Waals surface area (Å²) in [4.78, 5) is 8.14. The number of hydrogen-bond acceptors (Lipinski definition) is 4. The van der Waals surface area contributed by atoms with Crippen LogP contribution in [0, 0.1) is 5.82 Å². The highest BCUT2D eigenvalue weighted by Gasteiger charge is 2.33. The zero-order valence-electron chi connectivity index (χ0n) is 11.7. The van der Waals surface area contributed by atoms with Crippen molar-refractivity contribution in [2.45, 2.75) is 19.8 Å². The Kier molecular flexibility index (Phi) is 3.03. The standard InChI is InChI=1S/C16H15FN2OS/c1-2-3-13-14(19-8-7-18-16(19)21-13)10-4-5-12(17)15-11(10)6-9-20-15/h4-6,9H,2-3,7-8H2,1H3. The van der Waals surface area contributed by atoms with Gasteiger partial charge in [0.25, 0.3) is 0 Å². The number of rotatable bonds is 3. The van der Waals surface area contributed by atoms with Crippen molar-refractivity contribution < 1.29 is 8.81 Å². The Bertz CT molecular complexity index is 778. The molecule has 3 nitrogen and oxygen atoms in total. The van der Waals surface area contributed by atoms with E-state index in [0.29, 0.717) is 5.58 Å². The van der Waals surface area contributed by atoms with Gasteiger partial charge in [0.05, 0.1) is 18.5 Å². The molecular formula is C16H15FN2OS. The molecule has 2 aliphatic heterocycles. The van der Waals surface area contributed by atoms with Crippen molar-refractivity contribution in [3.63, 3.8) is 0 Å². The molecule has 0 atom stereocenters. The minimum atomic E-state index is -0.308. The second kappa shape index (κ2) is 4.91. The fraction of sp³-hybridized carbons (Fsp3) is 0.312. The van der Waals surface area contributed by atoms with Crippen LogP contribution >= 0.6 is 11.8 Å². The summed E-state index contributed by atoms with van der Waals surface area (Å²) in [6.07, 6.45) is 3.66. The van der Waals surface area contributed by atoms with Gasteiger partial charge in [0.1, 0.15) is 0 Å². The summed E-state index contributed by atoms with van der Waals surface area (Å²) in [6, 6.07) is 5.20. The number of fused-ring (bicyclic) bond motifs is 2. The number of benzene rings is 1. The van der Waals surface area contributed by atoms with Gasteiger partial charge in [0.15, 0.2) is 16.6 Å². The minimum absolute atomic E-state index is 0.308. The first kappa shape index (κ1) is 13.0. The number of nitrogens with zero attached hydrogens (tertiary/aromatic N) is 2. The monoisotopic (exact) mass is 302 g/mol. The van der Waals surface area contributed by atoms with Crippen LogP contribution in [0.3, 0.4) is 0 Å². The van der Waals surface area contributed by atoms with Crippen LogP contribution in [-0.4, -0.2) is 23.2 Å². The third kappa shape index (κ3) is 1.91. The number of halogens is 1. The molecule has 108 valence electrons. The van der Waals surface area contributed by atoms with Gasteiger partial charge < -0.3 is 9.32 Å². The van der Waals surface area contributed by atoms with Crippen molar-refractivity contribution >= 4 is 33.6 Å². The zero-order valence-corrected chi connectivity index (χ0v) is 12.5. The van der Waals surface area contributed by atoms with Gasteiger partial charge in [0, 0.05) is 22.4 Å². The van der Waals surface area contributed by atoms with E-state index < -0.39 is 0 Å². The maximum Gasteiger partial charge on any atom is 0.170 e. The lowest BCUT2D eigenvalue weighted by Gasteiger charge is -2.18. The molecule has 2 aromatic rings. The Labute approximate surface area is 126 Å². The summed E-state index contributed by atoms with van der Waals surface area (Å²) < 4.78 is 19.1. The Morgan fingerprint density at radius 3 is 3.14 bits per heavy atom. The molecule has 0 radical (unpaired) electrons. The largest absolute Gasteiger partial charge is 0.461 e. The van der Waals surface area contributed by atoms with Gasteiger partial charge in [-0.1, -0.05) is 25.1 Å². The lowest BCUT2D eigenvalue weighted by molar-refractivity contribution is 0.560. The summed E-state index contributed by atoms with van der Waals surface area (Å²) in [7, 11) is 0. The molecule has 0 unspecified atom stereocenters. The molecule has 0 saturated carbocycles. The maximum absolute atomic E-state index is 13.8. The van der Waals surface area contributed by atoms with E-state index in [1.54, 1.807) is 18.0 Å². The number of hydrogen-bond donors (Lipinski definition) is 0. The van der Waals surface area contributed by atoms with Gasteiger partial charge in [-0.3, -0.25) is 4.99 Å². The van der Waals surface area contributed by atoms with E-state index in [1.165, 1.54) is 16.7 Å². The molecule has 5 heteroatoms. The van der Waals surface area contributed by atoms with Crippen molar-refractivity contribution in [1.29, 1.82) is 0 Å². The van der Waals surface area contributed by atoms with Crippen molar-refractivity contribution in [1.82, 2.24) is 4.90 Å². The third-order valence-corrected chi connectivity index (χ3v) is 5.03. The van der Waals surface area contributed by atoms with Gasteiger partial charge >= 0.3 is 0 Å². The number of furan rings is 1. The molecular weight excluding hydrogens is 287 g/mol. The first-order valence-corrected chi connectivity index (χ1v) is 8.00. The molecule has 4 rings (SSSR count). The Morgan fingerprint density at radius 1 is 1.38 bits per heavy atom. The summed E-state index contributed by atoms with van der Waals surface area (Å²) in [5, 5.41) is 1.92. The van der Waals surface area contributed by atoms with Crippen molar-refractivity contribution in [3.05, 3.63) is 40.7 Å². The SMILES string of the molecule is CCCC1=C(c2ccc(F)c3occc23)N2CCN=C2S1. The van der Waals surface area contributed by atoms with Crippen LogP contribution in [0.25, 0.3) is 16.7 Å². The highest BCUT2D eigenvalue weighted by atomic mass is 32.2. The Morgan fingerprint density at radius 2 is 2.29 bits per heavy atom. The maximum atomic E-state index is 13.8. The zero-order chi connectivity index (χ0) is 14.4. The van der Waals surface area contributed by atoms with Crippen LogP contribution in [0.1, 0.15) is 25.3 Å². The van der Waals surface area contributed by atoms with Crippen LogP contribution in [0.5, 0.6) is 0 Å². The molecule has 0 fully saturated rings. The molecule has 0 saturated heterocycles. The predicted octanol–water partition coefficient (Wildman–Crippen LogP) is 4.46. The first-order chi connectivity index (χ1) is 10.3. The topological polar surface area (TPSA) is 28.7 Å². The van der Waals surface area contributed by atoms with E-state index in [-0.39, 0.29) is 5.82 Å². The van der Waals surface area contributed by atoms with Gasteiger partial charge in [-0.05, 0) is 24.6 Å². The van der Waals surface area contributed by atoms with Crippen LogP contribution in [0.15, 0.2) is 38.8 Å². The Balaban J connectivity index is 1.92. The number of allylic oxidation sites excluding steroid dienone is 1. The molecule has 0 aliphatic carbocycles. The highest BCUT2D eigenvalue weighted by Crippen LogP contribution is 2.45. The van der Waals surface area contributed by atoms with Crippen LogP contribution in [0.4, 0.5) is 4.39 Å². The summed E-state index contributed by atoms with van der Waals surface area (Å²) in [5.74, 6) is -0.308. The van der Waals surface area contributed by atoms with Crippen LogP contribution < -0.4 is 0 Å². The lowest BCUT2D eigenvalue weighted by Crippen LogP contribution is -2.20. The van der Waals surface area contributed by atoms with Crippen LogP contribution in [-0.2, 0) is 0 Å². The minimum Gasteiger partial charge on any atom is -0.461 e. The second-order valence-electron chi connectivity index (χ2n) is 5.20. The average molecular weight is 302 g/mol.